The Morgan fingerprint density at radius 3 is 2.30 bits per heavy atom. The van der Waals surface area contributed by atoms with Gasteiger partial charge in [-0.05, 0) is 19.4 Å². The summed E-state index contributed by atoms with van der Waals surface area (Å²) >= 11 is 0. The zero-order valence-electron chi connectivity index (χ0n) is 13.9. The van der Waals surface area contributed by atoms with Gasteiger partial charge in [-0.2, -0.15) is 0 Å². The minimum absolute atomic E-state index is 0.0700. The van der Waals surface area contributed by atoms with E-state index in [1.165, 1.54) is 5.56 Å². The number of hydrogen-bond donors (Lipinski definition) is 1. The van der Waals surface area contributed by atoms with E-state index in [2.05, 4.69) is 36.5 Å². The Morgan fingerprint density at radius 2 is 1.70 bits per heavy atom. The molecule has 6 heteroatoms. The Kier molecular flexibility index (Phi) is 6.40. The number of carbonyl (C=O) groups excluding carboxylic acids is 2. The van der Waals surface area contributed by atoms with Crippen LogP contribution in [0.1, 0.15) is 18.1 Å². The van der Waals surface area contributed by atoms with Crippen LogP contribution in [0, 0.1) is 6.92 Å². The Balaban J connectivity index is 1.68. The number of aryl methyl sites for hydroxylation is 1. The van der Waals surface area contributed by atoms with Crippen LogP contribution < -0.4 is 5.32 Å². The van der Waals surface area contributed by atoms with Crippen molar-refractivity contribution in [3.05, 3.63) is 35.4 Å². The van der Waals surface area contributed by atoms with E-state index in [0.29, 0.717) is 45.9 Å². The summed E-state index contributed by atoms with van der Waals surface area (Å²) in [5.41, 5.74) is 2.39. The molecule has 0 saturated carbocycles. The van der Waals surface area contributed by atoms with Gasteiger partial charge in [0.2, 0.25) is 5.91 Å². The van der Waals surface area contributed by atoms with E-state index in [1.807, 2.05) is 0 Å². The van der Waals surface area contributed by atoms with E-state index < -0.39 is 0 Å². The smallest absolute Gasteiger partial charge is 0.409 e. The van der Waals surface area contributed by atoms with Crippen LogP contribution in [0.2, 0.25) is 0 Å². The maximum atomic E-state index is 12.2. The maximum Gasteiger partial charge on any atom is 0.409 e. The van der Waals surface area contributed by atoms with Crippen molar-refractivity contribution in [3.63, 3.8) is 0 Å². The second-order valence-electron chi connectivity index (χ2n) is 5.66. The van der Waals surface area contributed by atoms with Gasteiger partial charge < -0.3 is 19.9 Å². The molecular weight excluding hydrogens is 294 g/mol. The van der Waals surface area contributed by atoms with Crippen molar-refractivity contribution in [2.45, 2.75) is 20.4 Å². The fraction of sp³-hybridized carbons (Fsp3) is 0.529. The number of rotatable bonds is 5. The summed E-state index contributed by atoms with van der Waals surface area (Å²) < 4.78 is 4.97. The average molecular weight is 319 g/mol. The molecule has 6 nitrogen and oxygen atoms in total. The van der Waals surface area contributed by atoms with E-state index in [1.54, 1.807) is 16.7 Å². The van der Waals surface area contributed by atoms with Gasteiger partial charge in [0.1, 0.15) is 0 Å². The van der Waals surface area contributed by atoms with Crippen molar-refractivity contribution in [2.24, 2.45) is 0 Å². The largest absolute Gasteiger partial charge is 0.450 e. The molecule has 0 unspecified atom stereocenters. The average Bonchev–Trinajstić information content (AvgIpc) is 2.57. The van der Waals surface area contributed by atoms with E-state index in [9.17, 15) is 9.59 Å². The first kappa shape index (κ1) is 17.3. The highest BCUT2D eigenvalue weighted by Gasteiger charge is 2.24. The molecule has 1 aliphatic heterocycles. The minimum atomic E-state index is -0.294. The second-order valence-corrected chi connectivity index (χ2v) is 5.66. The van der Waals surface area contributed by atoms with Gasteiger partial charge in [0.05, 0.1) is 13.2 Å². The summed E-state index contributed by atoms with van der Waals surface area (Å²) in [6, 6.07) is 8.25. The lowest BCUT2D eigenvalue weighted by atomic mass is 10.1. The predicted molar refractivity (Wildman–Crippen MR) is 88.1 cm³/mol. The summed E-state index contributed by atoms with van der Waals surface area (Å²) in [6.07, 6.45) is -0.294. The molecule has 0 spiro atoms. The summed E-state index contributed by atoms with van der Waals surface area (Å²) in [7, 11) is 0. The number of carbonyl (C=O) groups is 2. The van der Waals surface area contributed by atoms with Crippen molar-refractivity contribution in [3.8, 4) is 0 Å². The lowest BCUT2D eigenvalue weighted by molar-refractivity contribution is -0.131. The van der Waals surface area contributed by atoms with Gasteiger partial charge in [-0.25, -0.2) is 4.79 Å². The Labute approximate surface area is 137 Å². The van der Waals surface area contributed by atoms with Crippen LogP contribution >= 0.6 is 0 Å². The Morgan fingerprint density at radius 1 is 1.09 bits per heavy atom. The van der Waals surface area contributed by atoms with Gasteiger partial charge >= 0.3 is 6.09 Å². The molecule has 1 saturated heterocycles. The molecule has 1 aliphatic rings. The first-order chi connectivity index (χ1) is 11.1. The Bertz CT molecular complexity index is 522. The van der Waals surface area contributed by atoms with Crippen molar-refractivity contribution >= 4 is 12.0 Å². The van der Waals surface area contributed by atoms with Gasteiger partial charge in [-0.3, -0.25) is 4.79 Å². The van der Waals surface area contributed by atoms with Crippen molar-refractivity contribution in [1.82, 2.24) is 15.1 Å². The Hall–Kier alpha value is -2.08. The molecule has 1 heterocycles. The first-order valence-corrected chi connectivity index (χ1v) is 8.06. The molecule has 2 rings (SSSR count). The first-order valence-electron chi connectivity index (χ1n) is 8.06. The predicted octanol–water partition coefficient (Wildman–Crippen LogP) is 1.39. The highest BCUT2D eigenvalue weighted by molar-refractivity contribution is 5.78. The highest BCUT2D eigenvalue weighted by Crippen LogP contribution is 2.05. The normalized spacial score (nSPS) is 14.7. The molecule has 0 aliphatic carbocycles. The summed E-state index contributed by atoms with van der Waals surface area (Å²) in [5.74, 6) is 0.0700. The van der Waals surface area contributed by atoms with Crippen LogP contribution in [0.3, 0.4) is 0 Å². The number of nitrogens with zero attached hydrogens (tertiary/aromatic N) is 2. The van der Waals surface area contributed by atoms with Crippen LogP contribution in [-0.4, -0.2) is 61.1 Å². The van der Waals surface area contributed by atoms with Crippen LogP contribution in [0.15, 0.2) is 24.3 Å². The van der Waals surface area contributed by atoms with Crippen LogP contribution in [0.5, 0.6) is 0 Å². The third-order valence-electron chi connectivity index (χ3n) is 3.88. The monoisotopic (exact) mass is 319 g/mol. The third kappa shape index (κ3) is 5.25. The fourth-order valence-electron chi connectivity index (χ4n) is 2.48. The fourth-order valence-corrected chi connectivity index (χ4v) is 2.48. The third-order valence-corrected chi connectivity index (χ3v) is 3.88. The molecule has 1 aromatic carbocycles. The van der Waals surface area contributed by atoms with Gasteiger partial charge in [-0.15, -0.1) is 0 Å². The highest BCUT2D eigenvalue weighted by atomic mass is 16.6. The van der Waals surface area contributed by atoms with E-state index in [-0.39, 0.29) is 12.0 Å². The van der Waals surface area contributed by atoms with Crippen LogP contribution in [-0.2, 0) is 16.1 Å². The number of piperazine rings is 1. The minimum Gasteiger partial charge on any atom is -0.450 e. The van der Waals surface area contributed by atoms with Gasteiger partial charge in [-0.1, -0.05) is 29.8 Å². The van der Waals surface area contributed by atoms with Crippen LogP contribution in [0.4, 0.5) is 4.79 Å². The van der Waals surface area contributed by atoms with E-state index in [0.717, 1.165) is 5.56 Å². The topological polar surface area (TPSA) is 61.9 Å². The molecule has 126 valence electrons. The van der Waals surface area contributed by atoms with Crippen molar-refractivity contribution in [1.29, 1.82) is 0 Å². The molecule has 2 amide bonds. The van der Waals surface area contributed by atoms with Crippen molar-refractivity contribution in [2.75, 3.05) is 39.3 Å². The molecule has 0 aromatic heterocycles. The van der Waals surface area contributed by atoms with Gasteiger partial charge in [0, 0.05) is 32.7 Å². The molecule has 1 fully saturated rings. The summed E-state index contributed by atoms with van der Waals surface area (Å²) in [6.45, 7) is 7.38. The molecular formula is C17H25N3O3. The van der Waals surface area contributed by atoms with Gasteiger partial charge in [0.15, 0.2) is 0 Å². The zero-order valence-corrected chi connectivity index (χ0v) is 13.9. The molecule has 0 radical (unpaired) electrons. The number of nitrogens with one attached hydrogen (secondary N) is 1. The molecule has 1 aromatic rings. The lowest BCUT2D eigenvalue weighted by Gasteiger charge is -2.34. The SMILES string of the molecule is CCOC(=O)N1CCN(C(=O)CNCc2ccc(C)cc2)CC1. The number of hydrogen-bond acceptors (Lipinski definition) is 4. The van der Waals surface area contributed by atoms with Gasteiger partial charge in [0.25, 0.3) is 0 Å². The standard InChI is InChI=1S/C17H25N3O3/c1-3-23-17(22)20-10-8-19(9-11-20)16(21)13-18-12-15-6-4-14(2)5-7-15/h4-7,18H,3,8-13H2,1-2H3. The molecule has 1 N–H and O–H groups in total. The zero-order chi connectivity index (χ0) is 16.7. The maximum absolute atomic E-state index is 12.2. The second kappa shape index (κ2) is 8.53. The van der Waals surface area contributed by atoms with E-state index >= 15 is 0 Å². The number of benzene rings is 1. The molecule has 0 bridgehead atoms. The quantitative estimate of drug-likeness (QED) is 0.891. The lowest BCUT2D eigenvalue weighted by Crippen LogP contribution is -2.52. The van der Waals surface area contributed by atoms with Crippen molar-refractivity contribution < 1.29 is 14.3 Å². The summed E-state index contributed by atoms with van der Waals surface area (Å²) in [4.78, 5) is 27.2. The molecule has 23 heavy (non-hydrogen) atoms. The number of amides is 2. The van der Waals surface area contributed by atoms with E-state index in [4.69, 9.17) is 4.74 Å². The molecule has 0 atom stereocenters. The van der Waals surface area contributed by atoms with Crippen LogP contribution in [0.25, 0.3) is 0 Å². The number of ether oxygens (including phenoxy) is 1. The summed E-state index contributed by atoms with van der Waals surface area (Å²) in [5, 5.41) is 3.18.